The zero-order chi connectivity index (χ0) is 13.4. The second kappa shape index (κ2) is 8.51. The van der Waals surface area contributed by atoms with E-state index in [1.54, 1.807) is 14.2 Å². The molecular weight excluding hydrogens is 294 g/mol. The topological polar surface area (TPSA) is 30.5 Å². The van der Waals surface area contributed by atoms with Crippen LogP contribution >= 0.6 is 15.9 Å². The van der Waals surface area contributed by atoms with Crippen molar-refractivity contribution in [3.05, 3.63) is 28.2 Å². The quantitative estimate of drug-likeness (QED) is 0.748. The van der Waals surface area contributed by atoms with Gasteiger partial charge in [-0.05, 0) is 59.9 Å². The summed E-state index contributed by atoms with van der Waals surface area (Å²) in [6.07, 6.45) is 3.22. The van der Waals surface area contributed by atoms with E-state index in [4.69, 9.17) is 9.47 Å². The van der Waals surface area contributed by atoms with E-state index < -0.39 is 0 Å². The lowest BCUT2D eigenvalue weighted by molar-refractivity contribution is 0.189. The molecule has 0 spiro atoms. The Balaban J connectivity index is 2.55. The predicted molar refractivity (Wildman–Crippen MR) is 78.4 cm³/mol. The van der Waals surface area contributed by atoms with Gasteiger partial charge in [0.2, 0.25) is 0 Å². The summed E-state index contributed by atoms with van der Waals surface area (Å²) in [5, 5.41) is 3.36. The number of halogens is 1. The number of benzene rings is 1. The summed E-state index contributed by atoms with van der Waals surface area (Å²) in [4.78, 5) is 0. The Bertz CT molecular complexity index is 358. The summed E-state index contributed by atoms with van der Waals surface area (Å²) in [6, 6.07) is 6.73. The molecule has 1 aromatic carbocycles. The number of likely N-dealkylation sites (N-methyl/N-ethyl adjacent to an activating group) is 1. The van der Waals surface area contributed by atoms with Crippen molar-refractivity contribution in [3.8, 4) is 5.75 Å². The van der Waals surface area contributed by atoms with E-state index >= 15 is 0 Å². The molecule has 0 bridgehead atoms. The van der Waals surface area contributed by atoms with Crippen molar-refractivity contribution in [3.63, 3.8) is 0 Å². The van der Waals surface area contributed by atoms with Gasteiger partial charge in [-0.2, -0.15) is 0 Å². The Hall–Kier alpha value is -0.580. The summed E-state index contributed by atoms with van der Waals surface area (Å²) >= 11 is 3.52. The molecule has 4 heteroatoms. The molecule has 1 unspecified atom stereocenters. The van der Waals surface area contributed by atoms with Gasteiger partial charge in [-0.15, -0.1) is 0 Å². The van der Waals surface area contributed by atoms with Crippen molar-refractivity contribution in [1.82, 2.24) is 5.32 Å². The van der Waals surface area contributed by atoms with Crippen LogP contribution in [-0.4, -0.2) is 33.9 Å². The molecule has 0 saturated carbocycles. The lowest BCUT2D eigenvalue weighted by atomic mass is 10.0. The van der Waals surface area contributed by atoms with E-state index in [2.05, 4.69) is 33.4 Å². The Labute approximate surface area is 118 Å². The third-order valence-electron chi connectivity index (χ3n) is 3.01. The van der Waals surface area contributed by atoms with E-state index in [-0.39, 0.29) is 0 Å². The van der Waals surface area contributed by atoms with E-state index in [1.807, 2.05) is 13.1 Å². The van der Waals surface area contributed by atoms with Crippen LogP contribution in [0.5, 0.6) is 5.75 Å². The van der Waals surface area contributed by atoms with E-state index in [1.165, 1.54) is 5.56 Å². The molecule has 18 heavy (non-hydrogen) atoms. The smallest absolute Gasteiger partial charge is 0.133 e. The van der Waals surface area contributed by atoms with Crippen LogP contribution in [0.3, 0.4) is 0 Å². The summed E-state index contributed by atoms with van der Waals surface area (Å²) in [5.41, 5.74) is 1.31. The molecule has 1 atom stereocenters. The molecule has 1 N–H and O–H groups in total. The molecule has 0 aliphatic heterocycles. The lowest BCUT2D eigenvalue weighted by Gasteiger charge is -2.16. The van der Waals surface area contributed by atoms with Gasteiger partial charge >= 0.3 is 0 Å². The highest BCUT2D eigenvalue weighted by Gasteiger charge is 2.08. The highest BCUT2D eigenvalue weighted by Crippen LogP contribution is 2.26. The fourth-order valence-electron chi connectivity index (χ4n) is 1.94. The fourth-order valence-corrected chi connectivity index (χ4v) is 2.53. The van der Waals surface area contributed by atoms with Gasteiger partial charge in [0, 0.05) is 19.8 Å². The monoisotopic (exact) mass is 315 g/mol. The predicted octanol–water partition coefficient (Wildman–Crippen LogP) is 3.01. The van der Waals surface area contributed by atoms with Gasteiger partial charge in [0.1, 0.15) is 5.75 Å². The first kappa shape index (κ1) is 15.5. The fraction of sp³-hybridized carbons (Fsp3) is 0.571. The van der Waals surface area contributed by atoms with Gasteiger partial charge in [-0.3, -0.25) is 0 Å². The van der Waals surface area contributed by atoms with Crippen molar-refractivity contribution in [1.29, 1.82) is 0 Å². The largest absolute Gasteiger partial charge is 0.496 e. The molecule has 102 valence electrons. The second-order valence-electron chi connectivity index (χ2n) is 4.29. The highest BCUT2D eigenvalue weighted by atomic mass is 79.9. The maximum absolute atomic E-state index is 5.23. The molecule has 1 aromatic rings. The molecule has 0 aliphatic rings. The van der Waals surface area contributed by atoms with E-state index in [0.717, 1.165) is 36.1 Å². The Morgan fingerprint density at radius 3 is 2.67 bits per heavy atom. The molecule has 1 rings (SSSR count). The molecule has 0 saturated heterocycles. The minimum absolute atomic E-state index is 0.487. The molecule has 0 radical (unpaired) electrons. The SMILES string of the molecule is CNC(CCCOC)Cc1ccc(OC)c(Br)c1. The average molecular weight is 316 g/mol. The molecule has 3 nitrogen and oxygen atoms in total. The maximum atomic E-state index is 5.23. The minimum atomic E-state index is 0.487. The normalized spacial score (nSPS) is 12.4. The molecular formula is C14H22BrNO2. The summed E-state index contributed by atoms with van der Waals surface area (Å²) in [6.45, 7) is 0.824. The lowest BCUT2D eigenvalue weighted by Crippen LogP contribution is -2.27. The van der Waals surface area contributed by atoms with E-state index in [9.17, 15) is 0 Å². The van der Waals surface area contributed by atoms with Crippen LogP contribution in [0.1, 0.15) is 18.4 Å². The van der Waals surface area contributed by atoms with Crippen LogP contribution in [0.15, 0.2) is 22.7 Å². The first-order valence-electron chi connectivity index (χ1n) is 6.20. The standard InChI is InChI=1S/C14H22BrNO2/c1-16-12(5-4-8-17-2)9-11-6-7-14(18-3)13(15)10-11/h6-7,10,12,16H,4-5,8-9H2,1-3H3. The van der Waals surface area contributed by atoms with Crippen LogP contribution < -0.4 is 10.1 Å². The van der Waals surface area contributed by atoms with Crippen molar-refractivity contribution in [2.45, 2.75) is 25.3 Å². The van der Waals surface area contributed by atoms with Gasteiger partial charge in [0.15, 0.2) is 0 Å². The number of ether oxygens (including phenoxy) is 2. The summed E-state index contributed by atoms with van der Waals surface area (Å²) in [7, 11) is 5.44. The third-order valence-corrected chi connectivity index (χ3v) is 3.63. The van der Waals surface area contributed by atoms with Gasteiger partial charge in [-0.1, -0.05) is 6.07 Å². The molecule has 0 heterocycles. The second-order valence-corrected chi connectivity index (χ2v) is 5.15. The minimum Gasteiger partial charge on any atom is -0.496 e. The number of methoxy groups -OCH3 is 2. The first-order chi connectivity index (χ1) is 8.71. The van der Waals surface area contributed by atoms with Crippen LogP contribution in [0, 0.1) is 0 Å². The van der Waals surface area contributed by atoms with Crippen molar-refractivity contribution in [2.24, 2.45) is 0 Å². The number of hydrogen-bond donors (Lipinski definition) is 1. The third kappa shape index (κ3) is 4.96. The van der Waals surface area contributed by atoms with Crippen molar-refractivity contribution in [2.75, 3.05) is 27.9 Å². The van der Waals surface area contributed by atoms with Gasteiger partial charge in [0.05, 0.1) is 11.6 Å². The van der Waals surface area contributed by atoms with Gasteiger partial charge < -0.3 is 14.8 Å². The van der Waals surface area contributed by atoms with Crippen LogP contribution in [0.2, 0.25) is 0 Å². The summed E-state index contributed by atoms with van der Waals surface area (Å²) in [5.74, 6) is 0.874. The van der Waals surface area contributed by atoms with E-state index in [0.29, 0.717) is 6.04 Å². The Morgan fingerprint density at radius 1 is 1.33 bits per heavy atom. The van der Waals surface area contributed by atoms with Crippen molar-refractivity contribution < 1.29 is 9.47 Å². The van der Waals surface area contributed by atoms with Crippen LogP contribution in [0.25, 0.3) is 0 Å². The Kier molecular flexibility index (Phi) is 7.32. The molecule has 0 amide bonds. The first-order valence-corrected chi connectivity index (χ1v) is 6.99. The number of rotatable bonds is 8. The number of nitrogens with one attached hydrogen (secondary N) is 1. The highest BCUT2D eigenvalue weighted by molar-refractivity contribution is 9.10. The van der Waals surface area contributed by atoms with Crippen LogP contribution in [-0.2, 0) is 11.2 Å². The zero-order valence-electron chi connectivity index (χ0n) is 11.3. The van der Waals surface area contributed by atoms with Gasteiger partial charge in [0.25, 0.3) is 0 Å². The van der Waals surface area contributed by atoms with Crippen LogP contribution in [0.4, 0.5) is 0 Å². The van der Waals surface area contributed by atoms with Crippen molar-refractivity contribution >= 4 is 15.9 Å². The molecule has 0 fully saturated rings. The molecule has 0 aliphatic carbocycles. The summed E-state index contributed by atoms with van der Waals surface area (Å²) < 4.78 is 11.3. The molecule has 0 aromatic heterocycles. The number of hydrogen-bond acceptors (Lipinski definition) is 3. The Morgan fingerprint density at radius 2 is 2.11 bits per heavy atom. The average Bonchev–Trinajstić information content (AvgIpc) is 2.38. The maximum Gasteiger partial charge on any atom is 0.133 e. The van der Waals surface area contributed by atoms with Gasteiger partial charge in [-0.25, -0.2) is 0 Å². The zero-order valence-corrected chi connectivity index (χ0v) is 12.9.